The van der Waals surface area contributed by atoms with Crippen molar-refractivity contribution < 1.29 is 9.53 Å². The van der Waals surface area contributed by atoms with Crippen LogP contribution < -0.4 is 15.4 Å². The van der Waals surface area contributed by atoms with E-state index in [4.69, 9.17) is 11.2 Å². The van der Waals surface area contributed by atoms with Crippen molar-refractivity contribution in [2.24, 2.45) is 0 Å². The molecule has 5 heteroatoms. The molecule has 1 atom stereocenters. The number of methoxy groups -OCH3 is 1. The zero-order valence-electron chi connectivity index (χ0n) is 10.6. The van der Waals surface area contributed by atoms with E-state index in [0.29, 0.717) is 12.4 Å². The molecule has 0 spiro atoms. The van der Waals surface area contributed by atoms with Gasteiger partial charge in [0.05, 0.1) is 19.7 Å². The van der Waals surface area contributed by atoms with Crippen molar-refractivity contribution >= 4 is 5.91 Å². The van der Waals surface area contributed by atoms with Gasteiger partial charge in [0, 0.05) is 18.8 Å². The van der Waals surface area contributed by atoms with Crippen molar-refractivity contribution in [2.75, 3.05) is 13.7 Å². The molecule has 5 nitrogen and oxygen atoms in total. The minimum atomic E-state index is -0.305. The lowest BCUT2D eigenvalue weighted by Crippen LogP contribution is -2.41. The molecular formula is C13H17N3O2. The number of rotatable bonds is 6. The highest BCUT2D eigenvalue weighted by Crippen LogP contribution is 2.06. The third-order valence-electron chi connectivity index (χ3n) is 2.38. The second-order valence-electron chi connectivity index (χ2n) is 3.73. The minimum Gasteiger partial charge on any atom is -0.481 e. The van der Waals surface area contributed by atoms with E-state index in [1.54, 1.807) is 26.3 Å². The summed E-state index contributed by atoms with van der Waals surface area (Å²) in [4.78, 5) is 15.6. The third kappa shape index (κ3) is 4.44. The fourth-order valence-electron chi connectivity index (χ4n) is 1.29. The molecule has 1 heterocycles. The van der Waals surface area contributed by atoms with Gasteiger partial charge in [-0.3, -0.25) is 4.79 Å². The topological polar surface area (TPSA) is 63.2 Å². The van der Waals surface area contributed by atoms with E-state index >= 15 is 0 Å². The summed E-state index contributed by atoms with van der Waals surface area (Å²) in [5.41, 5.74) is 0.979. The van der Waals surface area contributed by atoms with Crippen LogP contribution in [0.4, 0.5) is 0 Å². The standard InChI is InChI=1S/C13H17N3O2/c1-4-7-14-13(17)10(2)15-8-11-5-6-12(18-3)16-9-11/h1,5-6,9-10,15H,7-8H2,2-3H3,(H,14,17). The molecule has 0 saturated heterocycles. The highest BCUT2D eigenvalue weighted by atomic mass is 16.5. The van der Waals surface area contributed by atoms with Gasteiger partial charge in [-0.05, 0) is 12.5 Å². The number of carbonyl (C=O) groups excluding carboxylic acids is 1. The molecule has 1 aromatic rings. The first-order valence-corrected chi connectivity index (χ1v) is 5.61. The Balaban J connectivity index is 2.39. The molecule has 1 aromatic heterocycles. The highest BCUT2D eigenvalue weighted by molar-refractivity contribution is 5.81. The normalized spacial score (nSPS) is 11.4. The molecule has 18 heavy (non-hydrogen) atoms. The molecular weight excluding hydrogens is 230 g/mol. The molecule has 0 fully saturated rings. The van der Waals surface area contributed by atoms with Crippen molar-refractivity contribution in [1.82, 2.24) is 15.6 Å². The molecule has 0 radical (unpaired) electrons. The van der Waals surface area contributed by atoms with Gasteiger partial charge >= 0.3 is 0 Å². The molecule has 2 N–H and O–H groups in total. The molecule has 0 bridgehead atoms. The van der Waals surface area contributed by atoms with E-state index in [1.165, 1.54) is 0 Å². The molecule has 1 unspecified atom stereocenters. The van der Waals surface area contributed by atoms with E-state index in [-0.39, 0.29) is 18.5 Å². The second-order valence-corrected chi connectivity index (χ2v) is 3.73. The van der Waals surface area contributed by atoms with Crippen molar-refractivity contribution in [3.05, 3.63) is 23.9 Å². The number of hydrogen-bond acceptors (Lipinski definition) is 4. The monoisotopic (exact) mass is 247 g/mol. The average Bonchev–Trinajstić information content (AvgIpc) is 2.42. The van der Waals surface area contributed by atoms with E-state index < -0.39 is 0 Å². The summed E-state index contributed by atoms with van der Waals surface area (Å²) in [5, 5.41) is 5.70. The number of aromatic nitrogens is 1. The van der Waals surface area contributed by atoms with Gasteiger partial charge in [-0.25, -0.2) is 4.98 Å². The van der Waals surface area contributed by atoms with Gasteiger partial charge in [-0.2, -0.15) is 0 Å². The van der Waals surface area contributed by atoms with E-state index in [9.17, 15) is 4.79 Å². The van der Waals surface area contributed by atoms with Crippen molar-refractivity contribution in [3.8, 4) is 18.2 Å². The number of nitrogens with one attached hydrogen (secondary N) is 2. The minimum absolute atomic E-state index is 0.116. The lowest BCUT2D eigenvalue weighted by molar-refractivity contribution is -0.122. The summed E-state index contributed by atoms with van der Waals surface area (Å²) in [5.74, 6) is 2.81. The van der Waals surface area contributed by atoms with Gasteiger partial charge in [0.25, 0.3) is 0 Å². The lowest BCUT2D eigenvalue weighted by Gasteiger charge is -2.12. The first kappa shape index (κ1) is 14.0. The van der Waals surface area contributed by atoms with E-state index in [1.807, 2.05) is 6.07 Å². The molecule has 0 saturated carbocycles. The Morgan fingerprint density at radius 1 is 1.61 bits per heavy atom. The zero-order chi connectivity index (χ0) is 13.4. The maximum atomic E-state index is 11.5. The van der Waals surface area contributed by atoms with Crippen molar-refractivity contribution in [1.29, 1.82) is 0 Å². The fraction of sp³-hybridized carbons (Fsp3) is 0.385. The molecule has 1 rings (SSSR count). The van der Waals surface area contributed by atoms with Crippen LogP contribution in [0.3, 0.4) is 0 Å². The Morgan fingerprint density at radius 2 is 2.39 bits per heavy atom. The number of terminal acetylenes is 1. The maximum absolute atomic E-state index is 11.5. The quantitative estimate of drug-likeness (QED) is 0.711. The summed E-state index contributed by atoms with van der Waals surface area (Å²) < 4.78 is 4.96. The Kier molecular flexibility index (Phi) is 5.68. The third-order valence-corrected chi connectivity index (χ3v) is 2.38. The SMILES string of the molecule is C#CCNC(=O)C(C)NCc1ccc(OC)nc1. The number of hydrogen-bond donors (Lipinski definition) is 2. The van der Waals surface area contributed by atoms with Gasteiger partial charge in [0.2, 0.25) is 11.8 Å². The summed E-state index contributed by atoms with van der Waals surface area (Å²) in [6, 6.07) is 3.37. The Labute approximate surface area is 107 Å². The largest absolute Gasteiger partial charge is 0.481 e. The second kappa shape index (κ2) is 7.30. The molecule has 0 aliphatic carbocycles. The predicted molar refractivity (Wildman–Crippen MR) is 68.9 cm³/mol. The smallest absolute Gasteiger partial charge is 0.237 e. The van der Waals surface area contributed by atoms with Gasteiger partial charge in [-0.15, -0.1) is 6.42 Å². The Morgan fingerprint density at radius 3 is 2.94 bits per heavy atom. The van der Waals surface area contributed by atoms with Crippen LogP contribution in [0.15, 0.2) is 18.3 Å². The summed E-state index contributed by atoms with van der Waals surface area (Å²) in [6.45, 7) is 2.58. The summed E-state index contributed by atoms with van der Waals surface area (Å²) >= 11 is 0. The van der Waals surface area contributed by atoms with Crippen molar-refractivity contribution in [3.63, 3.8) is 0 Å². The summed E-state index contributed by atoms with van der Waals surface area (Å²) in [6.07, 6.45) is 6.77. The van der Waals surface area contributed by atoms with Crippen LogP contribution in [0, 0.1) is 12.3 Å². The van der Waals surface area contributed by atoms with E-state index in [0.717, 1.165) is 5.56 Å². The van der Waals surface area contributed by atoms with Crippen LogP contribution in [0.2, 0.25) is 0 Å². The van der Waals surface area contributed by atoms with Crippen LogP contribution in [0.25, 0.3) is 0 Å². The van der Waals surface area contributed by atoms with Crippen LogP contribution in [-0.2, 0) is 11.3 Å². The highest BCUT2D eigenvalue weighted by Gasteiger charge is 2.10. The average molecular weight is 247 g/mol. The first-order chi connectivity index (χ1) is 8.67. The molecule has 96 valence electrons. The number of nitrogens with zero attached hydrogens (tertiary/aromatic N) is 1. The van der Waals surface area contributed by atoms with Crippen LogP contribution in [0.5, 0.6) is 5.88 Å². The van der Waals surface area contributed by atoms with Crippen molar-refractivity contribution in [2.45, 2.75) is 19.5 Å². The lowest BCUT2D eigenvalue weighted by atomic mass is 10.2. The van der Waals surface area contributed by atoms with Gasteiger partial charge < -0.3 is 15.4 Å². The van der Waals surface area contributed by atoms with Gasteiger partial charge in [0.1, 0.15) is 0 Å². The van der Waals surface area contributed by atoms with Gasteiger partial charge in [0.15, 0.2) is 0 Å². The molecule has 0 aliphatic rings. The first-order valence-electron chi connectivity index (χ1n) is 5.61. The molecule has 0 aromatic carbocycles. The van der Waals surface area contributed by atoms with E-state index in [2.05, 4.69) is 21.5 Å². The van der Waals surface area contributed by atoms with Crippen LogP contribution in [0.1, 0.15) is 12.5 Å². The van der Waals surface area contributed by atoms with Crippen LogP contribution in [-0.4, -0.2) is 30.6 Å². The molecule has 1 amide bonds. The number of pyridine rings is 1. The maximum Gasteiger partial charge on any atom is 0.237 e. The Bertz CT molecular complexity index is 423. The Hall–Kier alpha value is -2.06. The number of amides is 1. The molecule has 0 aliphatic heterocycles. The zero-order valence-corrected chi connectivity index (χ0v) is 10.6. The number of ether oxygens (including phenoxy) is 1. The predicted octanol–water partition coefficient (Wildman–Crippen LogP) is 0.318. The number of carbonyl (C=O) groups is 1. The fourth-order valence-corrected chi connectivity index (χ4v) is 1.29. The van der Waals surface area contributed by atoms with Gasteiger partial charge in [-0.1, -0.05) is 12.0 Å². The van der Waals surface area contributed by atoms with Crippen LogP contribution >= 0.6 is 0 Å². The summed E-state index contributed by atoms with van der Waals surface area (Å²) in [7, 11) is 1.57.